The fraction of sp³-hybridized carbons (Fsp3) is 0.600. The average molecular weight is 266 g/mol. The molecule has 0 aliphatic carbocycles. The first kappa shape index (κ1) is 14.3. The minimum atomic E-state index is -0.206. The van der Waals surface area contributed by atoms with Gasteiger partial charge in [-0.3, -0.25) is 0 Å². The predicted octanol–water partition coefficient (Wildman–Crippen LogP) is 2.28. The van der Waals surface area contributed by atoms with Gasteiger partial charge in [-0.1, -0.05) is 19.9 Å². The first-order valence-corrected chi connectivity index (χ1v) is 7.01. The number of nitrogens with zero attached hydrogens (tertiary/aromatic N) is 1. The lowest BCUT2D eigenvalue weighted by Gasteiger charge is -2.33. The van der Waals surface area contributed by atoms with E-state index in [1.165, 1.54) is 6.07 Å². The first-order chi connectivity index (χ1) is 9.08. The number of benzene rings is 1. The summed E-state index contributed by atoms with van der Waals surface area (Å²) in [6.45, 7) is 6.23. The predicted molar refractivity (Wildman–Crippen MR) is 75.8 cm³/mol. The second-order valence-electron chi connectivity index (χ2n) is 5.49. The lowest BCUT2D eigenvalue weighted by atomic mass is 10.0. The highest BCUT2D eigenvalue weighted by atomic mass is 19.1. The van der Waals surface area contributed by atoms with Crippen molar-refractivity contribution in [2.75, 3.05) is 18.0 Å². The fourth-order valence-electron chi connectivity index (χ4n) is 2.43. The molecular formula is C15H23FN2O. The quantitative estimate of drug-likeness (QED) is 0.877. The SMILES string of the molecule is CC(C)NCc1c(F)cccc1N1CCC(O)CC1. The molecule has 0 unspecified atom stereocenters. The molecule has 0 radical (unpaired) electrons. The molecule has 0 aromatic heterocycles. The summed E-state index contributed by atoms with van der Waals surface area (Å²) in [7, 11) is 0. The van der Waals surface area contributed by atoms with Crippen molar-refractivity contribution in [2.45, 2.75) is 45.4 Å². The van der Waals surface area contributed by atoms with Crippen LogP contribution in [0.1, 0.15) is 32.3 Å². The molecule has 1 aliphatic heterocycles. The summed E-state index contributed by atoms with van der Waals surface area (Å²) in [5.41, 5.74) is 1.69. The Balaban J connectivity index is 2.16. The lowest BCUT2D eigenvalue weighted by molar-refractivity contribution is 0.145. The molecule has 0 atom stereocenters. The maximum Gasteiger partial charge on any atom is 0.129 e. The van der Waals surface area contributed by atoms with Crippen LogP contribution < -0.4 is 10.2 Å². The highest BCUT2D eigenvalue weighted by Gasteiger charge is 2.20. The van der Waals surface area contributed by atoms with E-state index in [-0.39, 0.29) is 11.9 Å². The second-order valence-corrected chi connectivity index (χ2v) is 5.49. The molecule has 1 fully saturated rings. The Morgan fingerprint density at radius 2 is 2.05 bits per heavy atom. The number of rotatable bonds is 4. The Bertz CT molecular complexity index is 415. The van der Waals surface area contributed by atoms with Crippen LogP contribution in [-0.2, 0) is 6.54 Å². The van der Waals surface area contributed by atoms with Crippen LogP contribution in [-0.4, -0.2) is 30.3 Å². The van der Waals surface area contributed by atoms with Gasteiger partial charge in [0.05, 0.1) is 6.10 Å². The second kappa shape index (κ2) is 6.35. The van der Waals surface area contributed by atoms with Crippen LogP contribution >= 0.6 is 0 Å². The molecule has 1 aliphatic rings. The Labute approximate surface area is 114 Å². The summed E-state index contributed by atoms with van der Waals surface area (Å²) in [6.07, 6.45) is 1.31. The van der Waals surface area contributed by atoms with Crippen LogP contribution in [0.4, 0.5) is 10.1 Å². The van der Waals surface area contributed by atoms with Gasteiger partial charge in [-0.2, -0.15) is 0 Å². The monoisotopic (exact) mass is 266 g/mol. The van der Waals surface area contributed by atoms with Gasteiger partial charge >= 0.3 is 0 Å². The number of anilines is 1. The van der Waals surface area contributed by atoms with E-state index < -0.39 is 0 Å². The van der Waals surface area contributed by atoms with E-state index in [0.29, 0.717) is 12.6 Å². The van der Waals surface area contributed by atoms with Crippen LogP contribution in [0.25, 0.3) is 0 Å². The largest absolute Gasteiger partial charge is 0.393 e. The maximum atomic E-state index is 14.0. The van der Waals surface area contributed by atoms with Crippen LogP contribution in [0.2, 0.25) is 0 Å². The molecule has 1 saturated heterocycles. The first-order valence-electron chi connectivity index (χ1n) is 7.01. The van der Waals surface area contributed by atoms with E-state index in [9.17, 15) is 9.50 Å². The van der Waals surface area contributed by atoms with Crippen LogP contribution in [0, 0.1) is 5.82 Å². The molecule has 1 heterocycles. The summed E-state index contributed by atoms with van der Waals surface area (Å²) in [6, 6.07) is 5.57. The molecule has 0 amide bonds. The van der Waals surface area contributed by atoms with Crippen molar-refractivity contribution >= 4 is 5.69 Å². The molecular weight excluding hydrogens is 243 g/mol. The van der Waals surface area contributed by atoms with Crippen molar-refractivity contribution < 1.29 is 9.50 Å². The molecule has 0 spiro atoms. The van der Waals surface area contributed by atoms with Crippen molar-refractivity contribution in [2.24, 2.45) is 0 Å². The Morgan fingerprint density at radius 1 is 1.37 bits per heavy atom. The molecule has 3 nitrogen and oxygen atoms in total. The van der Waals surface area contributed by atoms with Crippen molar-refractivity contribution in [1.82, 2.24) is 5.32 Å². The number of aliphatic hydroxyl groups is 1. The number of halogens is 1. The Kier molecular flexibility index (Phi) is 4.77. The van der Waals surface area contributed by atoms with Crippen molar-refractivity contribution in [3.05, 3.63) is 29.6 Å². The zero-order chi connectivity index (χ0) is 13.8. The van der Waals surface area contributed by atoms with Gasteiger partial charge in [0.1, 0.15) is 5.82 Å². The number of hydrogen-bond donors (Lipinski definition) is 2. The van der Waals surface area contributed by atoms with E-state index >= 15 is 0 Å². The van der Waals surface area contributed by atoms with Crippen LogP contribution in [0.3, 0.4) is 0 Å². The van der Waals surface area contributed by atoms with Crippen LogP contribution in [0.15, 0.2) is 18.2 Å². The van der Waals surface area contributed by atoms with Crippen molar-refractivity contribution in [3.63, 3.8) is 0 Å². The molecule has 0 bridgehead atoms. The fourth-order valence-corrected chi connectivity index (χ4v) is 2.43. The number of piperidine rings is 1. The Hall–Kier alpha value is -1.13. The third kappa shape index (κ3) is 3.67. The van der Waals surface area contributed by atoms with Crippen LogP contribution in [0.5, 0.6) is 0 Å². The molecule has 2 N–H and O–H groups in total. The molecule has 19 heavy (non-hydrogen) atoms. The molecule has 1 aromatic carbocycles. The van der Waals surface area contributed by atoms with E-state index in [2.05, 4.69) is 24.1 Å². The zero-order valence-corrected chi connectivity index (χ0v) is 11.7. The van der Waals surface area contributed by atoms with E-state index in [0.717, 1.165) is 37.2 Å². The van der Waals surface area contributed by atoms with E-state index in [1.54, 1.807) is 6.07 Å². The summed E-state index contributed by atoms with van der Waals surface area (Å²) >= 11 is 0. The summed E-state index contributed by atoms with van der Waals surface area (Å²) in [4.78, 5) is 2.17. The minimum absolute atomic E-state index is 0.156. The third-order valence-corrected chi connectivity index (χ3v) is 3.59. The highest BCUT2D eigenvalue weighted by Crippen LogP contribution is 2.26. The standard InChI is InChI=1S/C15H23FN2O/c1-11(2)17-10-13-14(16)4-3-5-15(13)18-8-6-12(19)7-9-18/h3-5,11-12,17,19H,6-10H2,1-2H3. The van der Waals surface area contributed by atoms with Gasteiger partial charge in [0.15, 0.2) is 0 Å². The lowest BCUT2D eigenvalue weighted by Crippen LogP contribution is -2.37. The maximum absolute atomic E-state index is 14.0. The summed E-state index contributed by atoms with van der Waals surface area (Å²) in [5.74, 6) is -0.156. The summed E-state index contributed by atoms with van der Waals surface area (Å²) in [5, 5.41) is 12.8. The molecule has 2 rings (SSSR count). The van der Waals surface area contributed by atoms with Gasteiger partial charge in [0.2, 0.25) is 0 Å². The van der Waals surface area contributed by atoms with Gasteiger partial charge < -0.3 is 15.3 Å². The van der Waals surface area contributed by atoms with Gasteiger partial charge in [-0.25, -0.2) is 4.39 Å². The zero-order valence-electron chi connectivity index (χ0n) is 11.7. The number of aliphatic hydroxyl groups excluding tert-OH is 1. The molecule has 1 aromatic rings. The third-order valence-electron chi connectivity index (χ3n) is 3.59. The average Bonchev–Trinajstić information content (AvgIpc) is 2.38. The molecule has 0 saturated carbocycles. The number of hydrogen-bond acceptors (Lipinski definition) is 3. The molecule has 4 heteroatoms. The van der Waals surface area contributed by atoms with E-state index in [1.807, 2.05) is 6.07 Å². The smallest absolute Gasteiger partial charge is 0.129 e. The molecule has 106 valence electrons. The van der Waals surface area contributed by atoms with Gasteiger partial charge in [0, 0.05) is 36.9 Å². The number of nitrogens with one attached hydrogen (secondary N) is 1. The Morgan fingerprint density at radius 3 is 2.68 bits per heavy atom. The van der Waals surface area contributed by atoms with E-state index in [4.69, 9.17) is 0 Å². The summed E-state index contributed by atoms with van der Waals surface area (Å²) < 4.78 is 14.0. The topological polar surface area (TPSA) is 35.5 Å². The van der Waals surface area contributed by atoms with Gasteiger partial charge in [-0.15, -0.1) is 0 Å². The van der Waals surface area contributed by atoms with Crippen molar-refractivity contribution in [1.29, 1.82) is 0 Å². The van der Waals surface area contributed by atoms with Gasteiger partial charge in [0.25, 0.3) is 0 Å². The van der Waals surface area contributed by atoms with Crippen molar-refractivity contribution in [3.8, 4) is 0 Å². The van der Waals surface area contributed by atoms with Gasteiger partial charge in [-0.05, 0) is 25.0 Å². The highest BCUT2D eigenvalue weighted by molar-refractivity contribution is 5.54. The minimum Gasteiger partial charge on any atom is -0.393 e. The normalized spacial score (nSPS) is 17.2.